The molecule has 0 spiro atoms. The van der Waals surface area contributed by atoms with Gasteiger partial charge >= 0.3 is 6.03 Å². The first kappa shape index (κ1) is 40.7. The molecule has 0 aliphatic heterocycles. The molecule has 0 atom stereocenters. The van der Waals surface area contributed by atoms with Crippen LogP contribution in [0.25, 0.3) is 16.5 Å². The monoisotopic (exact) mass is 786 g/mol. The van der Waals surface area contributed by atoms with Crippen LogP contribution >= 0.6 is 11.9 Å². The Bertz CT molecular complexity index is 2310. The van der Waals surface area contributed by atoms with Gasteiger partial charge in [-0.25, -0.2) is 17.9 Å². The predicted octanol–water partition coefficient (Wildman–Crippen LogP) is 6.40. The van der Waals surface area contributed by atoms with Crippen molar-refractivity contribution in [3.05, 3.63) is 96.4 Å². The van der Waals surface area contributed by atoms with Gasteiger partial charge in [0.05, 0.1) is 53.6 Å². The number of amides is 2. The van der Waals surface area contributed by atoms with E-state index in [1.54, 1.807) is 59.4 Å². The number of aromatic nitrogens is 3. The summed E-state index contributed by atoms with van der Waals surface area (Å²) in [6.07, 6.45) is 3.66. The number of hydrogen-bond acceptors (Lipinski definition) is 11. The maximum atomic E-state index is 13.4. The molecule has 53 heavy (non-hydrogen) atoms. The quantitative estimate of drug-likeness (QED) is 0.127. The Morgan fingerprint density at radius 1 is 0.887 bits per heavy atom. The number of nitrogens with one attached hydrogen (secondary N) is 3. The molecular formula is C35H39ClN6O9S2. The molecule has 5 aromatic rings. The van der Waals surface area contributed by atoms with E-state index in [2.05, 4.69) is 35.9 Å². The molecule has 5 rings (SSSR count). The largest absolute Gasteiger partial charge is 0.457 e. The number of ketones is 1. The SMILES string of the molecule is COCC(=O)Cc1cc(Oc2ccc(NC(=O)Nc3cc(C(C)(C)C)nn3-c3ccc(NS(C)(=O)=O)cc3)c3ccccc23)ccn1.CS(=O)(=O)OCl. The van der Waals surface area contributed by atoms with Gasteiger partial charge in [0, 0.05) is 47.3 Å². The summed E-state index contributed by atoms with van der Waals surface area (Å²) in [6, 6.07) is 22.5. The minimum atomic E-state index is -3.43. The molecule has 282 valence electrons. The highest BCUT2D eigenvalue weighted by atomic mass is 35.5. The van der Waals surface area contributed by atoms with E-state index >= 15 is 0 Å². The van der Waals surface area contributed by atoms with Crippen LogP contribution in [-0.4, -0.2) is 69.6 Å². The Kier molecular flexibility index (Phi) is 13.2. The number of urea groups is 1. The lowest BCUT2D eigenvalue weighted by molar-refractivity contribution is -0.122. The molecule has 0 saturated heterocycles. The molecule has 2 amide bonds. The molecule has 0 bridgehead atoms. The third-order valence-electron chi connectivity index (χ3n) is 7.08. The Balaban J connectivity index is 0.000000964. The van der Waals surface area contributed by atoms with Gasteiger partial charge in [-0.1, -0.05) is 45.0 Å². The number of methoxy groups -OCH3 is 1. The molecule has 0 radical (unpaired) electrons. The minimum absolute atomic E-state index is 0.0116. The molecule has 0 saturated carbocycles. The average molecular weight is 787 g/mol. The number of rotatable bonds is 12. The van der Waals surface area contributed by atoms with E-state index in [9.17, 15) is 26.4 Å². The van der Waals surface area contributed by atoms with Crippen molar-refractivity contribution in [2.45, 2.75) is 32.6 Å². The van der Waals surface area contributed by atoms with E-state index in [0.29, 0.717) is 40.1 Å². The third kappa shape index (κ3) is 12.3. The van der Waals surface area contributed by atoms with E-state index in [1.807, 2.05) is 51.1 Å². The third-order valence-corrected chi connectivity index (χ3v) is 8.60. The van der Waals surface area contributed by atoms with Gasteiger partial charge in [0.25, 0.3) is 10.1 Å². The lowest BCUT2D eigenvalue weighted by Gasteiger charge is -2.15. The van der Waals surface area contributed by atoms with Crippen molar-refractivity contribution in [3.8, 4) is 17.2 Å². The average Bonchev–Trinajstić information content (AvgIpc) is 3.50. The van der Waals surface area contributed by atoms with Gasteiger partial charge < -0.3 is 14.8 Å². The van der Waals surface area contributed by atoms with Crippen LogP contribution < -0.4 is 20.1 Å². The summed E-state index contributed by atoms with van der Waals surface area (Å²) in [5.74, 6) is 1.42. The summed E-state index contributed by atoms with van der Waals surface area (Å²) in [4.78, 5) is 29.7. The van der Waals surface area contributed by atoms with Gasteiger partial charge in [0.15, 0.2) is 5.78 Å². The molecule has 15 nitrogen and oxygen atoms in total. The van der Waals surface area contributed by atoms with Gasteiger partial charge in [-0.3, -0.25) is 19.8 Å². The standard InChI is InChI=1S/C34H36N6O6S.CH3ClO3S/c1-34(2,3)31-20-32(40(38-31)24-12-10-22(11-13-24)39-47(5,43)44)37-33(42)36-29-14-15-30(28-9-7-6-8-27(28)29)46-26-16-17-35-23(19-26)18-25(41)21-45-4;1-6(3,4)5-2/h6-17,19-20,39H,18,21H2,1-5H3,(H2,36,37,42);1H3. The summed E-state index contributed by atoms with van der Waals surface area (Å²) >= 11 is 4.39. The van der Waals surface area contributed by atoms with Crippen LogP contribution in [-0.2, 0) is 45.2 Å². The first-order valence-electron chi connectivity index (χ1n) is 15.8. The second-order valence-electron chi connectivity index (χ2n) is 12.7. The number of sulfonamides is 1. The van der Waals surface area contributed by atoms with Crippen LogP contribution in [0.2, 0.25) is 0 Å². The smallest absolute Gasteiger partial charge is 0.324 e. The van der Waals surface area contributed by atoms with Crippen molar-refractivity contribution in [2.24, 2.45) is 0 Å². The van der Waals surface area contributed by atoms with Crippen LogP contribution in [0, 0.1) is 0 Å². The number of anilines is 3. The Morgan fingerprint density at radius 2 is 1.55 bits per heavy atom. The van der Waals surface area contributed by atoms with Crippen LogP contribution in [0.3, 0.4) is 0 Å². The second kappa shape index (κ2) is 17.2. The molecule has 3 N–H and O–H groups in total. The fourth-order valence-electron chi connectivity index (χ4n) is 4.81. The Hall–Kier alpha value is -5.07. The van der Waals surface area contributed by atoms with Crippen molar-refractivity contribution >= 4 is 71.8 Å². The maximum absolute atomic E-state index is 13.4. The van der Waals surface area contributed by atoms with Gasteiger partial charge in [0.1, 0.15) is 23.9 Å². The number of halogens is 1. The van der Waals surface area contributed by atoms with Gasteiger partial charge in [-0.2, -0.15) is 17.3 Å². The minimum Gasteiger partial charge on any atom is -0.457 e. The molecule has 0 aliphatic rings. The highest BCUT2D eigenvalue weighted by Crippen LogP contribution is 2.35. The molecule has 3 aromatic carbocycles. The zero-order chi connectivity index (χ0) is 39.0. The van der Waals surface area contributed by atoms with Crippen molar-refractivity contribution in [1.82, 2.24) is 14.8 Å². The number of ether oxygens (including phenoxy) is 2. The first-order valence-corrected chi connectivity index (χ1v) is 19.8. The molecular weight excluding hydrogens is 748 g/mol. The highest BCUT2D eigenvalue weighted by molar-refractivity contribution is 7.92. The predicted molar refractivity (Wildman–Crippen MR) is 204 cm³/mol. The van der Waals surface area contributed by atoms with Crippen molar-refractivity contribution in [2.75, 3.05) is 41.6 Å². The second-order valence-corrected chi connectivity index (χ2v) is 16.4. The Labute approximate surface area is 313 Å². The fraction of sp³-hybridized carbons (Fsp3) is 0.257. The summed E-state index contributed by atoms with van der Waals surface area (Å²) in [6.45, 7) is 6.07. The van der Waals surface area contributed by atoms with E-state index < -0.39 is 26.2 Å². The molecule has 2 aromatic heterocycles. The summed E-state index contributed by atoms with van der Waals surface area (Å²) in [5.41, 5.74) is 2.61. The van der Waals surface area contributed by atoms with Crippen LogP contribution in [0.1, 0.15) is 32.2 Å². The summed E-state index contributed by atoms with van der Waals surface area (Å²) < 4.78 is 61.1. The number of pyridine rings is 1. The molecule has 0 unspecified atom stereocenters. The first-order chi connectivity index (χ1) is 24.8. The zero-order valence-corrected chi connectivity index (χ0v) is 32.1. The van der Waals surface area contributed by atoms with Gasteiger partial charge in [0.2, 0.25) is 10.0 Å². The van der Waals surface area contributed by atoms with Crippen molar-refractivity contribution < 1.29 is 39.6 Å². The number of hydrogen-bond donors (Lipinski definition) is 3. The van der Waals surface area contributed by atoms with Gasteiger partial charge in [-0.05, 0) is 42.5 Å². The lowest BCUT2D eigenvalue weighted by Crippen LogP contribution is -2.21. The highest BCUT2D eigenvalue weighted by Gasteiger charge is 2.22. The number of Topliss-reactive ketones (excluding diaryl/α,β-unsaturated/α-hetero) is 1. The molecule has 18 heteroatoms. The summed E-state index contributed by atoms with van der Waals surface area (Å²) in [7, 11) is -5.35. The fourth-order valence-corrected chi connectivity index (χ4v) is 5.38. The number of nitrogens with zero attached hydrogens (tertiary/aromatic N) is 3. The van der Waals surface area contributed by atoms with E-state index in [1.165, 1.54) is 7.11 Å². The number of carbonyl (C=O) groups is 2. The van der Waals surface area contributed by atoms with E-state index in [0.717, 1.165) is 29.0 Å². The maximum Gasteiger partial charge on any atom is 0.324 e. The molecule has 0 fully saturated rings. The molecule has 0 aliphatic carbocycles. The van der Waals surface area contributed by atoms with Crippen LogP contribution in [0.5, 0.6) is 11.5 Å². The van der Waals surface area contributed by atoms with E-state index in [-0.39, 0.29) is 24.2 Å². The topological polar surface area (TPSA) is 197 Å². The van der Waals surface area contributed by atoms with Crippen molar-refractivity contribution in [3.63, 3.8) is 0 Å². The lowest BCUT2D eigenvalue weighted by atomic mass is 9.92. The van der Waals surface area contributed by atoms with Crippen LogP contribution in [0.15, 0.2) is 85.1 Å². The van der Waals surface area contributed by atoms with Crippen LogP contribution in [0.4, 0.5) is 22.0 Å². The Morgan fingerprint density at radius 3 is 2.15 bits per heavy atom. The number of benzene rings is 3. The summed E-state index contributed by atoms with van der Waals surface area (Å²) in [5, 5.41) is 12.1. The zero-order valence-electron chi connectivity index (χ0n) is 29.7. The van der Waals surface area contributed by atoms with E-state index in [4.69, 9.17) is 14.6 Å². The number of fused-ring (bicyclic) bond motifs is 1. The number of carbonyl (C=O) groups excluding carboxylic acids is 2. The van der Waals surface area contributed by atoms with Crippen molar-refractivity contribution in [1.29, 1.82) is 0 Å². The van der Waals surface area contributed by atoms with Gasteiger partial charge in [-0.15, -0.1) is 0 Å². The normalized spacial score (nSPS) is 11.7. The molecule has 2 heterocycles.